The van der Waals surface area contributed by atoms with E-state index in [0.29, 0.717) is 32.2 Å². The van der Waals surface area contributed by atoms with Crippen LogP contribution in [0, 0.1) is 5.92 Å². The first kappa shape index (κ1) is 15.2. The second-order valence-electron chi connectivity index (χ2n) is 5.87. The summed E-state index contributed by atoms with van der Waals surface area (Å²) in [5.74, 6) is 0.322. The first-order valence-electron chi connectivity index (χ1n) is 6.62. The molecule has 0 aliphatic carbocycles. The molecule has 5 nitrogen and oxygen atoms in total. The van der Waals surface area contributed by atoms with E-state index in [2.05, 4.69) is 6.92 Å². The molecule has 1 saturated heterocycles. The molecular weight excluding hydrogens is 232 g/mol. The predicted octanol–water partition coefficient (Wildman–Crippen LogP) is 1.61. The number of morpholine rings is 1. The largest absolute Gasteiger partial charge is 0.444 e. The smallest absolute Gasteiger partial charge is 0.410 e. The highest BCUT2D eigenvalue weighted by atomic mass is 16.6. The molecule has 0 radical (unpaired) electrons. The zero-order chi connectivity index (χ0) is 13.8. The van der Waals surface area contributed by atoms with Gasteiger partial charge >= 0.3 is 6.09 Å². The highest BCUT2D eigenvalue weighted by Gasteiger charge is 2.33. The molecule has 0 spiro atoms. The number of carbonyl (C=O) groups excluding carboxylic acids is 1. The van der Waals surface area contributed by atoms with Crippen molar-refractivity contribution in [2.24, 2.45) is 11.7 Å². The van der Waals surface area contributed by atoms with Gasteiger partial charge in [-0.3, -0.25) is 0 Å². The van der Waals surface area contributed by atoms with Crippen LogP contribution in [-0.2, 0) is 9.47 Å². The monoisotopic (exact) mass is 258 g/mol. The molecule has 1 amide bonds. The molecule has 5 heteroatoms. The average molecular weight is 258 g/mol. The summed E-state index contributed by atoms with van der Waals surface area (Å²) in [5.41, 5.74) is 5.12. The van der Waals surface area contributed by atoms with Crippen LogP contribution in [0.2, 0.25) is 0 Å². The molecule has 0 saturated carbocycles. The quantitative estimate of drug-likeness (QED) is 0.835. The van der Waals surface area contributed by atoms with Crippen LogP contribution in [0.1, 0.15) is 34.1 Å². The second kappa shape index (κ2) is 6.38. The SMILES string of the molecule is CC(CCN)C1COCCN1C(=O)OC(C)(C)C. The van der Waals surface area contributed by atoms with Gasteiger partial charge in [-0.2, -0.15) is 0 Å². The Balaban J connectivity index is 2.67. The molecule has 1 aliphatic rings. The van der Waals surface area contributed by atoms with Crippen LogP contribution < -0.4 is 5.73 Å². The molecule has 2 N–H and O–H groups in total. The number of rotatable bonds is 3. The zero-order valence-electron chi connectivity index (χ0n) is 11.9. The number of carbonyl (C=O) groups is 1. The molecule has 106 valence electrons. The van der Waals surface area contributed by atoms with Crippen molar-refractivity contribution in [2.45, 2.75) is 45.8 Å². The highest BCUT2D eigenvalue weighted by molar-refractivity contribution is 5.68. The average Bonchev–Trinajstić information content (AvgIpc) is 2.27. The molecule has 1 aliphatic heterocycles. The van der Waals surface area contributed by atoms with Crippen molar-refractivity contribution in [1.29, 1.82) is 0 Å². The van der Waals surface area contributed by atoms with Gasteiger partial charge in [0, 0.05) is 6.54 Å². The maximum atomic E-state index is 12.1. The van der Waals surface area contributed by atoms with Gasteiger partial charge < -0.3 is 20.1 Å². The minimum Gasteiger partial charge on any atom is -0.444 e. The van der Waals surface area contributed by atoms with Crippen molar-refractivity contribution in [3.8, 4) is 0 Å². The lowest BCUT2D eigenvalue weighted by Crippen LogP contribution is -2.53. The molecule has 0 aromatic heterocycles. The van der Waals surface area contributed by atoms with Crippen LogP contribution >= 0.6 is 0 Å². The lowest BCUT2D eigenvalue weighted by molar-refractivity contribution is -0.0453. The van der Waals surface area contributed by atoms with Gasteiger partial charge in [-0.1, -0.05) is 6.92 Å². The Bertz CT molecular complexity index is 276. The fourth-order valence-corrected chi connectivity index (χ4v) is 2.10. The summed E-state index contributed by atoms with van der Waals surface area (Å²) in [4.78, 5) is 13.9. The summed E-state index contributed by atoms with van der Waals surface area (Å²) in [6.45, 7) is 10.1. The molecule has 0 aromatic carbocycles. The van der Waals surface area contributed by atoms with E-state index in [1.54, 1.807) is 4.90 Å². The number of hydrogen-bond donors (Lipinski definition) is 1. The van der Waals surface area contributed by atoms with E-state index in [0.717, 1.165) is 6.42 Å². The third kappa shape index (κ3) is 4.46. The number of ether oxygens (including phenoxy) is 2. The minimum atomic E-state index is -0.461. The van der Waals surface area contributed by atoms with Crippen molar-refractivity contribution in [3.05, 3.63) is 0 Å². The topological polar surface area (TPSA) is 64.8 Å². The van der Waals surface area contributed by atoms with Crippen LogP contribution in [0.4, 0.5) is 4.79 Å². The van der Waals surface area contributed by atoms with Crippen molar-refractivity contribution < 1.29 is 14.3 Å². The van der Waals surface area contributed by atoms with Gasteiger partial charge in [-0.05, 0) is 39.7 Å². The van der Waals surface area contributed by atoms with Crippen LogP contribution in [0.3, 0.4) is 0 Å². The maximum Gasteiger partial charge on any atom is 0.410 e. The number of hydrogen-bond acceptors (Lipinski definition) is 4. The van der Waals surface area contributed by atoms with Gasteiger partial charge in [0.1, 0.15) is 5.60 Å². The summed E-state index contributed by atoms with van der Waals surface area (Å²) < 4.78 is 10.9. The fourth-order valence-electron chi connectivity index (χ4n) is 2.10. The normalized spacial score (nSPS) is 22.7. The Morgan fingerprint density at radius 2 is 2.22 bits per heavy atom. The zero-order valence-corrected chi connectivity index (χ0v) is 11.9. The Labute approximate surface area is 110 Å². The van der Waals surface area contributed by atoms with Crippen LogP contribution in [0.5, 0.6) is 0 Å². The first-order chi connectivity index (χ1) is 8.35. The summed E-state index contributed by atoms with van der Waals surface area (Å²) in [6.07, 6.45) is 0.632. The fraction of sp³-hybridized carbons (Fsp3) is 0.923. The molecule has 2 unspecified atom stereocenters. The molecule has 18 heavy (non-hydrogen) atoms. The van der Waals surface area contributed by atoms with Gasteiger partial charge in [0.2, 0.25) is 0 Å². The van der Waals surface area contributed by atoms with Gasteiger partial charge in [0.25, 0.3) is 0 Å². The predicted molar refractivity (Wildman–Crippen MR) is 70.4 cm³/mol. The summed E-state index contributed by atoms with van der Waals surface area (Å²) >= 11 is 0. The highest BCUT2D eigenvalue weighted by Crippen LogP contribution is 2.21. The van der Waals surface area contributed by atoms with E-state index in [4.69, 9.17) is 15.2 Å². The summed E-state index contributed by atoms with van der Waals surface area (Å²) in [7, 11) is 0. The summed E-state index contributed by atoms with van der Waals surface area (Å²) in [5, 5.41) is 0. The van der Waals surface area contributed by atoms with Crippen molar-refractivity contribution in [2.75, 3.05) is 26.3 Å². The van der Waals surface area contributed by atoms with Crippen molar-refractivity contribution in [3.63, 3.8) is 0 Å². The first-order valence-corrected chi connectivity index (χ1v) is 6.62. The van der Waals surface area contributed by atoms with Crippen LogP contribution in [0.15, 0.2) is 0 Å². The lowest BCUT2D eigenvalue weighted by atomic mass is 9.97. The molecule has 1 fully saturated rings. The van der Waals surface area contributed by atoms with E-state index in [9.17, 15) is 4.79 Å². The Hall–Kier alpha value is -0.810. The van der Waals surface area contributed by atoms with Gasteiger partial charge in [0.15, 0.2) is 0 Å². The Morgan fingerprint density at radius 1 is 1.56 bits per heavy atom. The third-order valence-electron chi connectivity index (χ3n) is 3.07. The molecule has 1 heterocycles. The molecular formula is C13H26N2O3. The Kier molecular flexibility index (Phi) is 5.41. The molecule has 0 aromatic rings. The standard InChI is InChI=1S/C13H26N2O3/c1-10(5-6-14)11-9-17-8-7-15(11)12(16)18-13(2,3)4/h10-11H,5-9,14H2,1-4H3. The van der Waals surface area contributed by atoms with Crippen LogP contribution in [0.25, 0.3) is 0 Å². The number of nitrogens with zero attached hydrogens (tertiary/aromatic N) is 1. The second-order valence-corrected chi connectivity index (χ2v) is 5.87. The van der Waals surface area contributed by atoms with E-state index in [1.165, 1.54) is 0 Å². The van der Waals surface area contributed by atoms with Crippen LogP contribution in [-0.4, -0.2) is 48.9 Å². The van der Waals surface area contributed by atoms with E-state index >= 15 is 0 Å². The van der Waals surface area contributed by atoms with E-state index < -0.39 is 5.60 Å². The lowest BCUT2D eigenvalue weighted by Gasteiger charge is -2.39. The van der Waals surface area contributed by atoms with Gasteiger partial charge in [-0.15, -0.1) is 0 Å². The maximum absolute atomic E-state index is 12.1. The molecule has 1 rings (SSSR count). The van der Waals surface area contributed by atoms with Gasteiger partial charge in [0.05, 0.1) is 19.3 Å². The number of amides is 1. The van der Waals surface area contributed by atoms with E-state index in [1.807, 2.05) is 20.8 Å². The third-order valence-corrected chi connectivity index (χ3v) is 3.07. The van der Waals surface area contributed by atoms with E-state index in [-0.39, 0.29) is 12.1 Å². The van der Waals surface area contributed by atoms with Crippen molar-refractivity contribution in [1.82, 2.24) is 4.90 Å². The number of nitrogens with two attached hydrogens (primary N) is 1. The molecule has 0 bridgehead atoms. The van der Waals surface area contributed by atoms with Crippen molar-refractivity contribution >= 4 is 6.09 Å². The minimum absolute atomic E-state index is 0.0668. The Morgan fingerprint density at radius 3 is 2.78 bits per heavy atom. The summed E-state index contributed by atoms with van der Waals surface area (Å²) in [6, 6.07) is 0.0668. The van der Waals surface area contributed by atoms with Gasteiger partial charge in [-0.25, -0.2) is 4.79 Å². The molecule has 2 atom stereocenters.